The zero-order valence-corrected chi connectivity index (χ0v) is 13.6. The molecule has 1 saturated carbocycles. The highest BCUT2D eigenvalue weighted by Gasteiger charge is 2.23. The summed E-state index contributed by atoms with van der Waals surface area (Å²) in [6.07, 6.45) is 7.94. The van der Waals surface area contributed by atoms with Gasteiger partial charge in [-0.1, -0.05) is 19.3 Å². The fourth-order valence-electron chi connectivity index (χ4n) is 3.47. The van der Waals surface area contributed by atoms with Gasteiger partial charge in [0.2, 0.25) is 0 Å². The van der Waals surface area contributed by atoms with E-state index in [-0.39, 0.29) is 11.9 Å². The Morgan fingerprint density at radius 2 is 2.05 bits per heavy atom. The molecule has 0 unspecified atom stereocenters. The lowest BCUT2D eigenvalue weighted by Gasteiger charge is -2.28. The van der Waals surface area contributed by atoms with E-state index in [0.29, 0.717) is 17.1 Å². The highest BCUT2D eigenvalue weighted by Crippen LogP contribution is 2.26. The Morgan fingerprint density at radius 1 is 1.32 bits per heavy atom. The molecule has 118 valence electrons. The molecule has 0 saturated heterocycles. The summed E-state index contributed by atoms with van der Waals surface area (Å²) in [7, 11) is 0. The van der Waals surface area contributed by atoms with Crippen molar-refractivity contribution >= 4 is 11.6 Å². The summed E-state index contributed by atoms with van der Waals surface area (Å²) in [5.74, 6) is 0.529. The van der Waals surface area contributed by atoms with Crippen molar-refractivity contribution in [3.63, 3.8) is 0 Å². The van der Waals surface area contributed by atoms with Gasteiger partial charge in [0.15, 0.2) is 5.65 Å². The molecule has 1 atom stereocenters. The fourth-order valence-corrected chi connectivity index (χ4v) is 3.47. The van der Waals surface area contributed by atoms with Crippen LogP contribution in [0.1, 0.15) is 60.8 Å². The van der Waals surface area contributed by atoms with Crippen molar-refractivity contribution in [1.82, 2.24) is 19.9 Å². The van der Waals surface area contributed by atoms with Crippen molar-refractivity contribution in [3.05, 3.63) is 29.2 Å². The molecule has 2 heterocycles. The van der Waals surface area contributed by atoms with Gasteiger partial charge in [-0.3, -0.25) is 4.79 Å². The third-order valence-corrected chi connectivity index (χ3v) is 4.74. The zero-order valence-electron chi connectivity index (χ0n) is 13.6. The molecule has 5 heteroatoms. The van der Waals surface area contributed by atoms with E-state index in [2.05, 4.69) is 22.3 Å². The van der Waals surface area contributed by atoms with Crippen molar-refractivity contribution in [2.75, 3.05) is 0 Å². The Morgan fingerprint density at radius 3 is 2.77 bits per heavy atom. The van der Waals surface area contributed by atoms with Gasteiger partial charge in [-0.05, 0) is 45.6 Å². The van der Waals surface area contributed by atoms with Crippen LogP contribution in [0.3, 0.4) is 0 Å². The average molecular weight is 300 g/mol. The molecule has 0 radical (unpaired) electrons. The number of hydrogen-bond donors (Lipinski definition) is 1. The molecule has 0 bridgehead atoms. The minimum Gasteiger partial charge on any atom is -0.349 e. The minimum absolute atomic E-state index is 0.0643. The van der Waals surface area contributed by atoms with E-state index in [0.717, 1.165) is 11.4 Å². The van der Waals surface area contributed by atoms with Crippen molar-refractivity contribution < 1.29 is 4.79 Å². The standard InChI is InChI=1S/C17H24N4O/c1-11-9-12(2)21-16(19-11)15(10-18-21)17(22)20-13(3)14-7-5-4-6-8-14/h9-10,13-14H,4-8H2,1-3H3,(H,20,22)/t13-/m1/s1. The molecule has 0 aromatic carbocycles. The van der Waals surface area contributed by atoms with Crippen LogP contribution >= 0.6 is 0 Å². The molecule has 2 aromatic heterocycles. The maximum Gasteiger partial charge on any atom is 0.256 e. The molecule has 0 aliphatic heterocycles. The molecular weight excluding hydrogens is 276 g/mol. The Hall–Kier alpha value is -1.91. The number of nitrogens with zero attached hydrogens (tertiary/aromatic N) is 3. The summed E-state index contributed by atoms with van der Waals surface area (Å²) in [6.45, 7) is 6.02. The van der Waals surface area contributed by atoms with Crippen molar-refractivity contribution in [3.8, 4) is 0 Å². The fraction of sp³-hybridized carbons (Fsp3) is 0.588. The molecule has 22 heavy (non-hydrogen) atoms. The highest BCUT2D eigenvalue weighted by atomic mass is 16.1. The summed E-state index contributed by atoms with van der Waals surface area (Å²) < 4.78 is 1.73. The van der Waals surface area contributed by atoms with Gasteiger partial charge in [-0.15, -0.1) is 0 Å². The van der Waals surface area contributed by atoms with Crippen LogP contribution in [0.2, 0.25) is 0 Å². The van der Waals surface area contributed by atoms with Crippen LogP contribution in [-0.2, 0) is 0 Å². The summed E-state index contributed by atoms with van der Waals surface area (Å²) in [5, 5.41) is 7.44. The molecule has 2 aromatic rings. The Kier molecular flexibility index (Phi) is 4.14. The monoisotopic (exact) mass is 300 g/mol. The SMILES string of the molecule is Cc1cc(C)n2ncc(C(=O)N[C@H](C)C3CCCCC3)c2n1. The topological polar surface area (TPSA) is 59.3 Å². The second-order valence-corrected chi connectivity index (χ2v) is 6.49. The van der Waals surface area contributed by atoms with Crippen molar-refractivity contribution in [1.29, 1.82) is 0 Å². The van der Waals surface area contributed by atoms with Gasteiger partial charge in [0.1, 0.15) is 5.56 Å². The zero-order chi connectivity index (χ0) is 15.7. The van der Waals surface area contributed by atoms with Gasteiger partial charge < -0.3 is 5.32 Å². The minimum atomic E-state index is -0.0643. The van der Waals surface area contributed by atoms with E-state index < -0.39 is 0 Å². The van der Waals surface area contributed by atoms with E-state index in [1.165, 1.54) is 32.1 Å². The quantitative estimate of drug-likeness (QED) is 0.947. The van der Waals surface area contributed by atoms with Gasteiger partial charge in [0.05, 0.1) is 6.20 Å². The molecule has 1 aliphatic carbocycles. The maximum absolute atomic E-state index is 12.6. The van der Waals surface area contributed by atoms with Crippen LogP contribution in [0.25, 0.3) is 5.65 Å². The van der Waals surface area contributed by atoms with Gasteiger partial charge >= 0.3 is 0 Å². The number of fused-ring (bicyclic) bond motifs is 1. The molecule has 1 aliphatic rings. The molecule has 5 nitrogen and oxygen atoms in total. The first-order chi connectivity index (χ1) is 10.6. The Labute approximate surface area is 131 Å². The number of rotatable bonds is 3. The van der Waals surface area contributed by atoms with Gasteiger partial charge in [0.25, 0.3) is 5.91 Å². The van der Waals surface area contributed by atoms with Crippen molar-refractivity contribution in [2.24, 2.45) is 5.92 Å². The van der Waals surface area contributed by atoms with Crippen LogP contribution in [-0.4, -0.2) is 26.5 Å². The smallest absolute Gasteiger partial charge is 0.256 e. The van der Waals surface area contributed by atoms with E-state index in [1.54, 1.807) is 10.7 Å². The molecule has 0 spiro atoms. The second-order valence-electron chi connectivity index (χ2n) is 6.49. The normalized spacial score (nSPS) is 17.6. The van der Waals surface area contributed by atoms with Crippen LogP contribution < -0.4 is 5.32 Å². The Bertz CT molecular complexity index is 685. The number of hydrogen-bond acceptors (Lipinski definition) is 3. The van der Waals surface area contributed by atoms with E-state index in [1.807, 2.05) is 19.9 Å². The maximum atomic E-state index is 12.6. The number of carbonyl (C=O) groups is 1. The van der Waals surface area contributed by atoms with E-state index in [9.17, 15) is 4.79 Å². The number of carbonyl (C=O) groups excluding carboxylic acids is 1. The third kappa shape index (κ3) is 2.85. The number of nitrogens with one attached hydrogen (secondary N) is 1. The molecule has 1 N–H and O–H groups in total. The summed E-state index contributed by atoms with van der Waals surface area (Å²) in [4.78, 5) is 17.1. The van der Waals surface area contributed by atoms with Gasteiger partial charge in [-0.25, -0.2) is 9.50 Å². The predicted molar refractivity (Wildman–Crippen MR) is 86.0 cm³/mol. The number of aryl methyl sites for hydroxylation is 2. The lowest BCUT2D eigenvalue weighted by atomic mass is 9.84. The van der Waals surface area contributed by atoms with Crippen LogP contribution in [0.5, 0.6) is 0 Å². The van der Waals surface area contributed by atoms with Gasteiger partial charge in [0, 0.05) is 17.4 Å². The van der Waals surface area contributed by atoms with Crippen molar-refractivity contribution in [2.45, 2.75) is 58.9 Å². The largest absolute Gasteiger partial charge is 0.349 e. The number of amides is 1. The number of aromatic nitrogens is 3. The Balaban J connectivity index is 1.80. The second kappa shape index (κ2) is 6.07. The predicted octanol–water partition coefficient (Wildman–Crippen LogP) is 3.04. The first kappa shape index (κ1) is 15.0. The first-order valence-electron chi connectivity index (χ1n) is 8.19. The third-order valence-electron chi connectivity index (χ3n) is 4.74. The lowest BCUT2D eigenvalue weighted by Crippen LogP contribution is -2.38. The lowest BCUT2D eigenvalue weighted by molar-refractivity contribution is 0.0921. The van der Waals surface area contributed by atoms with E-state index in [4.69, 9.17) is 0 Å². The van der Waals surface area contributed by atoms with Crippen LogP contribution in [0, 0.1) is 19.8 Å². The highest BCUT2D eigenvalue weighted by molar-refractivity contribution is 5.99. The summed E-state index contributed by atoms with van der Waals surface area (Å²) >= 11 is 0. The molecular formula is C17H24N4O. The van der Waals surface area contributed by atoms with E-state index >= 15 is 0 Å². The average Bonchev–Trinajstić information content (AvgIpc) is 2.92. The van der Waals surface area contributed by atoms with Gasteiger partial charge in [-0.2, -0.15) is 5.10 Å². The molecule has 1 amide bonds. The summed E-state index contributed by atoms with van der Waals surface area (Å²) in [6, 6.07) is 2.17. The molecule has 3 rings (SSSR count). The summed E-state index contributed by atoms with van der Waals surface area (Å²) in [5.41, 5.74) is 3.10. The van der Waals surface area contributed by atoms with Crippen LogP contribution in [0.4, 0.5) is 0 Å². The molecule has 1 fully saturated rings. The first-order valence-corrected chi connectivity index (χ1v) is 8.19. The van der Waals surface area contributed by atoms with Crippen LogP contribution in [0.15, 0.2) is 12.3 Å².